The number of thiophene rings is 2. The third-order valence-electron chi connectivity index (χ3n) is 21.7. The van der Waals surface area contributed by atoms with Crippen LogP contribution in [0.1, 0.15) is 17.4 Å². The van der Waals surface area contributed by atoms with Gasteiger partial charge in [0.1, 0.15) is 0 Å². The Kier molecular flexibility index (Phi) is 11.0. The lowest BCUT2D eigenvalue weighted by Gasteiger charge is -2.41. The summed E-state index contributed by atoms with van der Waals surface area (Å²) >= 11 is 3.79. The zero-order chi connectivity index (χ0) is 63.5. The lowest BCUT2D eigenvalue weighted by atomic mass is 9.44. The van der Waals surface area contributed by atoms with Gasteiger partial charge in [-0.2, -0.15) is 0 Å². The molecule has 0 amide bonds. The van der Waals surface area contributed by atoms with Gasteiger partial charge in [0.2, 0.25) is 0 Å². The molecule has 0 saturated carbocycles. The van der Waals surface area contributed by atoms with Crippen LogP contribution in [0.2, 0.25) is 0 Å². The first kappa shape index (κ1) is 53.7. The Hall–Kier alpha value is -11.7. The number of hydrogen-bond donors (Lipinski definition) is 0. The summed E-state index contributed by atoms with van der Waals surface area (Å²) in [5.41, 5.74) is 24.7. The molecule has 448 valence electrons. The van der Waals surface area contributed by atoms with Crippen LogP contribution in [0.25, 0.3) is 151 Å². The van der Waals surface area contributed by atoms with E-state index in [9.17, 15) is 0 Å². The van der Waals surface area contributed by atoms with Crippen molar-refractivity contribution in [3.63, 3.8) is 0 Å². The smallest absolute Gasteiger partial charge is 0.333 e. The number of rotatable bonds is 4. The van der Waals surface area contributed by atoms with Crippen LogP contribution >= 0.6 is 22.7 Å². The largest absolute Gasteiger partial charge is 0.375 e. The molecule has 0 atom stereocenters. The van der Waals surface area contributed by atoms with Gasteiger partial charge in [-0.1, -0.05) is 261 Å². The second-order valence-electron chi connectivity index (χ2n) is 26.4. The molecule has 0 spiro atoms. The fourth-order valence-corrected chi connectivity index (χ4v) is 20.4. The second kappa shape index (κ2) is 19.9. The van der Waals surface area contributed by atoms with Gasteiger partial charge in [0.05, 0.1) is 22.7 Å². The lowest BCUT2D eigenvalue weighted by Crippen LogP contribution is -2.56. The fourth-order valence-electron chi connectivity index (χ4n) is 18.0. The average Bonchev–Trinajstić information content (AvgIpc) is 1.63. The van der Waals surface area contributed by atoms with Crippen LogP contribution in [-0.2, 0) is 0 Å². The quantitative estimate of drug-likeness (QED) is 0.163. The van der Waals surface area contributed by atoms with E-state index in [1.165, 1.54) is 206 Å². The van der Waals surface area contributed by atoms with Gasteiger partial charge >= 0.3 is 13.7 Å². The summed E-state index contributed by atoms with van der Waals surface area (Å²) in [6.07, 6.45) is 6.46. The number of hydrogen-bond acceptors (Lipinski definition) is 4. The number of nitrogens with zero attached hydrogens (tertiary/aromatic N) is 4. The first-order chi connectivity index (χ1) is 48.1. The predicted octanol–water partition coefficient (Wildman–Crippen LogP) is 22.3. The maximum atomic E-state index is 4.28. The predicted molar refractivity (Wildman–Crippen MR) is 423 cm³/mol. The van der Waals surface area contributed by atoms with E-state index >= 15 is 0 Å². The van der Waals surface area contributed by atoms with E-state index in [1.807, 2.05) is 28.7 Å². The summed E-state index contributed by atoms with van der Waals surface area (Å²) in [5.74, 6) is 0. The first-order valence-electron chi connectivity index (χ1n) is 33.6. The summed E-state index contributed by atoms with van der Waals surface area (Å²) < 4.78 is 9.32. The molecule has 97 heavy (non-hydrogen) atoms. The molecule has 8 heteroatoms. The van der Waals surface area contributed by atoms with Crippen molar-refractivity contribution in [1.29, 1.82) is 0 Å². The SMILES string of the molecule is C=Cc1sc2c3c4c(cc2c1/C=C\C)N(c1cccc2ccccc12)c1c(ccc2ccccc12)B4n1c2ccccc2c2cccc-3c21.c1ccc2c(N3c4cc5sc6ccccc6c5c5c4B(c4ccc6ccccc6c43)n3c4ccccc4c4cccc-5c43)cccc2c1. The van der Waals surface area contributed by atoms with Crippen molar-refractivity contribution in [1.82, 2.24) is 8.96 Å². The monoisotopic (exact) mass is 1260 g/mol. The summed E-state index contributed by atoms with van der Waals surface area (Å²) in [5, 5.41) is 19.3. The molecule has 19 aromatic rings. The minimum absolute atomic E-state index is 0.00280. The van der Waals surface area contributed by atoms with Crippen molar-refractivity contribution < 1.29 is 0 Å². The summed E-state index contributed by atoms with van der Waals surface area (Å²) in [6.45, 7) is 6.40. The van der Waals surface area contributed by atoms with Crippen LogP contribution in [0.3, 0.4) is 0 Å². The van der Waals surface area contributed by atoms with Crippen molar-refractivity contribution in [3.05, 3.63) is 302 Å². The Morgan fingerprint density at radius 1 is 0.361 bits per heavy atom. The van der Waals surface area contributed by atoms with Gasteiger partial charge in [0.15, 0.2) is 0 Å². The number of anilines is 6. The van der Waals surface area contributed by atoms with Crippen LogP contribution in [0.4, 0.5) is 34.1 Å². The number of benzene rings is 15. The highest BCUT2D eigenvalue weighted by molar-refractivity contribution is 7.26. The number of fused-ring (bicyclic) bond motifs is 26. The lowest BCUT2D eigenvalue weighted by molar-refractivity contribution is 1.28. The van der Waals surface area contributed by atoms with E-state index < -0.39 is 0 Å². The average molecular weight is 1270 g/mol. The molecule has 4 nitrogen and oxygen atoms in total. The Morgan fingerprint density at radius 3 is 1.36 bits per heavy atom. The molecule has 23 rings (SSSR count). The van der Waals surface area contributed by atoms with E-state index in [2.05, 4.69) is 323 Å². The maximum absolute atomic E-state index is 4.28. The van der Waals surface area contributed by atoms with Crippen molar-refractivity contribution in [3.8, 4) is 22.3 Å². The van der Waals surface area contributed by atoms with Gasteiger partial charge in [-0.3, -0.25) is 0 Å². The molecule has 15 aromatic carbocycles. The molecule has 0 radical (unpaired) electrons. The minimum atomic E-state index is -0.00280. The van der Waals surface area contributed by atoms with Crippen LogP contribution in [0, 0.1) is 0 Å². The zero-order valence-corrected chi connectivity index (χ0v) is 54.4. The molecule has 0 N–H and O–H groups in total. The third-order valence-corrected chi connectivity index (χ3v) is 24.1. The zero-order valence-electron chi connectivity index (χ0n) is 52.8. The first-order valence-corrected chi connectivity index (χ1v) is 35.2. The molecular formula is C89H54B2N4S2. The van der Waals surface area contributed by atoms with Gasteiger partial charge in [0, 0.05) is 134 Å². The van der Waals surface area contributed by atoms with Crippen molar-refractivity contribution in [2.45, 2.75) is 6.92 Å². The Bertz CT molecular complexity index is 6790. The highest BCUT2D eigenvalue weighted by atomic mass is 32.1. The number of allylic oxidation sites excluding steroid dienone is 1. The maximum Gasteiger partial charge on any atom is 0.333 e. The van der Waals surface area contributed by atoms with E-state index in [0.29, 0.717) is 0 Å². The van der Waals surface area contributed by atoms with Crippen LogP contribution in [-0.4, -0.2) is 22.7 Å². The van der Waals surface area contributed by atoms with Gasteiger partial charge in [-0.25, -0.2) is 0 Å². The van der Waals surface area contributed by atoms with Gasteiger partial charge < -0.3 is 18.8 Å². The van der Waals surface area contributed by atoms with E-state index in [0.717, 1.165) is 0 Å². The fraction of sp³-hybridized carbons (Fsp3) is 0.0112. The third kappa shape index (κ3) is 7.07. The summed E-state index contributed by atoms with van der Waals surface area (Å²) in [7, 11) is 0. The highest BCUT2D eigenvalue weighted by Crippen LogP contribution is 2.55. The Labute approximate surface area is 567 Å². The van der Waals surface area contributed by atoms with Crippen molar-refractivity contribution in [2.24, 2.45) is 0 Å². The van der Waals surface area contributed by atoms with E-state index in [-0.39, 0.29) is 13.7 Å². The Morgan fingerprint density at radius 2 is 0.804 bits per heavy atom. The van der Waals surface area contributed by atoms with Crippen LogP contribution in [0.15, 0.2) is 292 Å². The van der Waals surface area contributed by atoms with Crippen LogP contribution in [0.5, 0.6) is 0 Å². The molecule has 0 aliphatic carbocycles. The molecule has 8 heterocycles. The summed E-state index contributed by atoms with van der Waals surface area (Å²) in [6, 6.07) is 104. The van der Waals surface area contributed by atoms with Crippen LogP contribution < -0.4 is 31.7 Å². The highest BCUT2D eigenvalue weighted by Gasteiger charge is 2.47. The number of aromatic nitrogens is 2. The van der Waals surface area contributed by atoms with E-state index in [4.69, 9.17) is 0 Å². The molecule has 4 aromatic heterocycles. The summed E-state index contributed by atoms with van der Waals surface area (Å²) in [4.78, 5) is 6.41. The van der Waals surface area contributed by atoms with Crippen molar-refractivity contribution in [2.75, 3.05) is 9.80 Å². The molecule has 0 unspecified atom stereocenters. The molecule has 0 fully saturated rings. The second-order valence-corrected chi connectivity index (χ2v) is 28.5. The van der Waals surface area contributed by atoms with Gasteiger partial charge in [-0.15, -0.1) is 22.7 Å². The Balaban J connectivity index is 0.000000125. The number of para-hydroxylation sites is 4. The molecular weight excluding hydrogens is 1210 g/mol. The molecule has 4 aliphatic rings. The van der Waals surface area contributed by atoms with Gasteiger partial charge in [0.25, 0.3) is 0 Å². The van der Waals surface area contributed by atoms with E-state index in [1.54, 1.807) is 0 Å². The molecule has 0 saturated heterocycles. The topological polar surface area (TPSA) is 16.3 Å². The standard InChI is InChI=1S/C45H29BN2S.C44H25BN2S/c1-3-13-32-35-26-39-42-41(45(35)49-40(32)4-2)34-21-12-20-33-31-19-9-10-22-38(31)48(43(33)34)46(42)36-25-24-28-15-6-8-18-30(28)44(36)47(39)37-23-11-16-27-14-5-7-17-29(27)37;1-3-14-28-26(11-1)13-9-21-35(28)46-37-25-39-40(32-17-6-8-22-38(32)48-39)41-33-19-10-18-31-30-16-5-7-20-36(30)47(43(31)33)45(42(37)41)34-24-23-27-12-2-4-15-29(27)44(34)46/h3-26H,2H2,1H3;1-25H/b13-3-;. The van der Waals surface area contributed by atoms with Gasteiger partial charge in [-0.05, 0) is 98.3 Å². The molecule has 4 aliphatic heterocycles. The normalized spacial score (nSPS) is 13.3. The van der Waals surface area contributed by atoms with Crippen molar-refractivity contribution >= 4 is 221 Å². The minimum Gasteiger partial charge on any atom is -0.375 e. The molecule has 0 bridgehead atoms.